The van der Waals surface area contributed by atoms with Gasteiger partial charge in [0.05, 0.1) is 0 Å². The molecule has 0 saturated heterocycles. The Bertz CT molecular complexity index is 1480. The molecule has 0 aliphatic rings. The van der Waals surface area contributed by atoms with Crippen molar-refractivity contribution in [2.75, 3.05) is 0 Å². The molecular formula is C34H33HfN2-3. The largest absolute Gasteiger partial charge is 0.673 e. The Morgan fingerprint density at radius 1 is 0.730 bits per heavy atom. The first-order valence-corrected chi connectivity index (χ1v) is 12.3. The zero-order valence-electron chi connectivity index (χ0n) is 22.3. The molecular weight excluding hydrogens is 615 g/mol. The second kappa shape index (κ2) is 12.5. The van der Waals surface area contributed by atoms with Crippen LogP contribution in [0.4, 0.5) is 5.69 Å². The Morgan fingerprint density at radius 3 is 2.19 bits per heavy atom. The van der Waals surface area contributed by atoms with Crippen molar-refractivity contribution < 1.29 is 25.8 Å². The number of benzene rings is 4. The van der Waals surface area contributed by atoms with E-state index in [1.54, 1.807) is 0 Å². The molecule has 0 aliphatic heterocycles. The summed E-state index contributed by atoms with van der Waals surface area (Å²) in [7, 11) is 0. The standard InChI is InChI=1S/C33H30N2.CH3.Hf/c1-22(2)26-18-9-13-24(4)32(26)35-33(27-16-7-5-12-23(27)3)31-21-11-20-30(34-31)29-19-10-15-25-14-6-8-17-28(25)29;;/h5-18,20-22,33H,1-4H3;1H3;/q-2;-1;. The normalized spacial score (nSPS) is 11.5. The molecule has 5 rings (SSSR count). The molecule has 2 nitrogen and oxygen atoms in total. The summed E-state index contributed by atoms with van der Waals surface area (Å²) < 4.78 is 0. The monoisotopic (exact) mass is 649 g/mol. The Morgan fingerprint density at radius 2 is 1.41 bits per heavy atom. The Hall–Kier alpha value is -3.04. The zero-order valence-corrected chi connectivity index (χ0v) is 25.9. The zero-order chi connectivity index (χ0) is 24.4. The molecule has 5 aromatic rings. The predicted molar refractivity (Wildman–Crippen MR) is 154 cm³/mol. The van der Waals surface area contributed by atoms with Crippen LogP contribution in [0.2, 0.25) is 0 Å². The quantitative estimate of drug-likeness (QED) is 0.133. The van der Waals surface area contributed by atoms with Gasteiger partial charge in [-0.3, -0.25) is 0 Å². The van der Waals surface area contributed by atoms with Gasteiger partial charge in [-0.1, -0.05) is 115 Å². The Balaban J connectivity index is 0.00000190. The van der Waals surface area contributed by atoms with E-state index in [2.05, 4.69) is 125 Å². The molecule has 1 unspecified atom stereocenters. The van der Waals surface area contributed by atoms with Crippen LogP contribution in [-0.2, 0) is 25.8 Å². The van der Waals surface area contributed by atoms with Crippen molar-refractivity contribution in [3.8, 4) is 11.3 Å². The van der Waals surface area contributed by atoms with Crippen LogP contribution in [-0.4, -0.2) is 4.98 Å². The number of aromatic nitrogens is 1. The van der Waals surface area contributed by atoms with E-state index in [-0.39, 0.29) is 39.3 Å². The molecule has 1 heterocycles. The topological polar surface area (TPSA) is 27.0 Å². The van der Waals surface area contributed by atoms with Gasteiger partial charge in [0.25, 0.3) is 0 Å². The third-order valence-corrected chi connectivity index (χ3v) is 6.66. The van der Waals surface area contributed by atoms with Crippen molar-refractivity contribution in [2.45, 2.75) is 39.7 Å². The van der Waals surface area contributed by atoms with Crippen LogP contribution in [0.15, 0.2) is 97.1 Å². The molecule has 1 atom stereocenters. The molecule has 0 N–H and O–H groups in total. The average molecular weight is 648 g/mol. The number of pyridine rings is 1. The van der Waals surface area contributed by atoms with Crippen LogP contribution >= 0.6 is 0 Å². The fourth-order valence-corrected chi connectivity index (χ4v) is 4.76. The van der Waals surface area contributed by atoms with E-state index in [0.717, 1.165) is 28.0 Å². The van der Waals surface area contributed by atoms with Crippen molar-refractivity contribution in [3.63, 3.8) is 0 Å². The van der Waals surface area contributed by atoms with Crippen LogP contribution in [0.25, 0.3) is 27.3 Å². The van der Waals surface area contributed by atoms with Crippen molar-refractivity contribution in [3.05, 3.63) is 144 Å². The molecule has 186 valence electrons. The van der Waals surface area contributed by atoms with Gasteiger partial charge in [-0.25, -0.2) is 0 Å². The minimum absolute atomic E-state index is 0. The Labute approximate surface area is 241 Å². The third-order valence-electron chi connectivity index (χ3n) is 6.66. The van der Waals surface area contributed by atoms with E-state index < -0.39 is 0 Å². The summed E-state index contributed by atoms with van der Waals surface area (Å²) in [5.41, 5.74) is 8.79. The van der Waals surface area contributed by atoms with Gasteiger partial charge in [-0.05, 0) is 43.1 Å². The summed E-state index contributed by atoms with van der Waals surface area (Å²) >= 11 is 0. The van der Waals surface area contributed by atoms with Gasteiger partial charge in [-0.15, -0.1) is 34.8 Å². The molecule has 0 spiro atoms. The summed E-state index contributed by atoms with van der Waals surface area (Å²) in [6.07, 6.45) is 0. The van der Waals surface area contributed by atoms with Gasteiger partial charge in [0.15, 0.2) is 0 Å². The van der Waals surface area contributed by atoms with Gasteiger partial charge in [-0.2, -0.15) is 0 Å². The maximum atomic E-state index is 5.41. The number of nitrogens with zero attached hydrogens (tertiary/aromatic N) is 2. The summed E-state index contributed by atoms with van der Waals surface area (Å²) in [5.74, 6) is 0.385. The summed E-state index contributed by atoms with van der Waals surface area (Å²) in [4.78, 5) is 5.19. The first-order valence-electron chi connectivity index (χ1n) is 12.3. The van der Waals surface area contributed by atoms with Crippen LogP contribution in [0, 0.1) is 27.3 Å². The first-order chi connectivity index (χ1) is 17.0. The fourth-order valence-electron chi connectivity index (χ4n) is 4.76. The molecule has 3 heteroatoms. The molecule has 1 aromatic heterocycles. The van der Waals surface area contributed by atoms with Crippen molar-refractivity contribution in [1.29, 1.82) is 0 Å². The van der Waals surface area contributed by atoms with Gasteiger partial charge in [0.1, 0.15) is 0 Å². The minimum atomic E-state index is -0.204. The predicted octanol–water partition coefficient (Wildman–Crippen LogP) is 9.68. The molecule has 0 bridgehead atoms. The number of aryl methyl sites for hydroxylation is 2. The van der Waals surface area contributed by atoms with E-state index in [1.807, 2.05) is 6.07 Å². The van der Waals surface area contributed by atoms with Crippen LogP contribution in [0.5, 0.6) is 0 Å². The van der Waals surface area contributed by atoms with Crippen molar-refractivity contribution in [1.82, 2.24) is 4.98 Å². The molecule has 0 fully saturated rings. The molecule has 0 aliphatic carbocycles. The van der Waals surface area contributed by atoms with Gasteiger partial charge in [0.2, 0.25) is 0 Å². The summed E-state index contributed by atoms with van der Waals surface area (Å²) in [5, 5.41) is 7.75. The van der Waals surface area contributed by atoms with E-state index in [9.17, 15) is 0 Å². The smallest absolute Gasteiger partial charge is 0.0195 e. The van der Waals surface area contributed by atoms with Crippen molar-refractivity contribution in [2.24, 2.45) is 0 Å². The fraction of sp³-hybridized carbons (Fsp3) is 0.176. The first kappa shape index (κ1) is 28.5. The SMILES string of the molecule is Cc1ccccc1C([N-]c1c(C)cccc1C(C)C)c1cccc(-c2[c-]ccc3ccccc23)n1.[CH3-].[Hf]. The van der Waals surface area contributed by atoms with Crippen LogP contribution < -0.4 is 0 Å². The van der Waals surface area contributed by atoms with E-state index in [1.165, 1.54) is 27.6 Å². The maximum Gasteiger partial charge on any atom is 0.0195 e. The van der Waals surface area contributed by atoms with Gasteiger partial charge in [0, 0.05) is 31.5 Å². The number of rotatable bonds is 6. The number of hydrogen-bond acceptors (Lipinski definition) is 1. The molecule has 0 amide bonds. The molecule has 0 radical (unpaired) electrons. The second-order valence-corrected chi connectivity index (χ2v) is 9.44. The average Bonchev–Trinajstić information content (AvgIpc) is 2.88. The van der Waals surface area contributed by atoms with E-state index in [0.29, 0.717) is 5.92 Å². The summed E-state index contributed by atoms with van der Waals surface area (Å²) in [6.45, 7) is 8.76. The van der Waals surface area contributed by atoms with Crippen LogP contribution in [0.3, 0.4) is 0 Å². The molecule has 37 heavy (non-hydrogen) atoms. The summed E-state index contributed by atoms with van der Waals surface area (Å²) in [6, 6.07) is 37.0. The van der Waals surface area contributed by atoms with Crippen LogP contribution in [0.1, 0.15) is 53.8 Å². The van der Waals surface area contributed by atoms with E-state index >= 15 is 0 Å². The number of hydrogen-bond donors (Lipinski definition) is 0. The maximum absolute atomic E-state index is 5.41. The number of para-hydroxylation sites is 1. The van der Waals surface area contributed by atoms with Gasteiger partial charge < -0.3 is 17.7 Å². The number of fused-ring (bicyclic) bond motifs is 1. The molecule has 4 aromatic carbocycles. The molecule has 0 saturated carbocycles. The van der Waals surface area contributed by atoms with Gasteiger partial charge >= 0.3 is 0 Å². The Kier molecular flexibility index (Phi) is 9.62. The van der Waals surface area contributed by atoms with E-state index in [4.69, 9.17) is 10.3 Å². The minimum Gasteiger partial charge on any atom is -0.673 e. The second-order valence-electron chi connectivity index (χ2n) is 9.44. The van der Waals surface area contributed by atoms with Crippen molar-refractivity contribution >= 4 is 16.5 Å². The third kappa shape index (κ3) is 5.94.